The molecule has 2 aliphatic rings. The van der Waals surface area contributed by atoms with Gasteiger partial charge in [0.1, 0.15) is 11.5 Å². The third-order valence-electron chi connectivity index (χ3n) is 5.53. The summed E-state index contributed by atoms with van der Waals surface area (Å²) >= 11 is 0. The number of aryl methyl sites for hydroxylation is 2. The second kappa shape index (κ2) is 6.31. The first-order valence-corrected chi connectivity index (χ1v) is 9.48. The molecule has 0 atom stereocenters. The van der Waals surface area contributed by atoms with E-state index >= 15 is 0 Å². The van der Waals surface area contributed by atoms with E-state index < -0.39 is 11.7 Å². The quantitative estimate of drug-likeness (QED) is 0.611. The van der Waals surface area contributed by atoms with Crippen molar-refractivity contribution < 1.29 is 18.8 Å². The molecule has 3 N–H and O–H groups in total. The summed E-state index contributed by atoms with van der Waals surface area (Å²) < 4.78 is 10.5. The molecule has 30 heavy (non-hydrogen) atoms. The number of benzene rings is 2. The van der Waals surface area contributed by atoms with Crippen molar-refractivity contribution >= 4 is 23.2 Å². The summed E-state index contributed by atoms with van der Waals surface area (Å²) in [5.74, 6) is -0.194. The standard InChI is InChI=1S/C21H18N4O5/c1-10-7-12(22-18(26)17-24-20(28)30-25-17)8-11(2)16(10)29-13-3-4-15-14(9-13)21(5-6-21)19(27)23-15/h3-4,7-9H,5-6H2,1-2H3,(H,22,26)(H,23,27)(H,24,25,28). The van der Waals surface area contributed by atoms with Gasteiger partial charge in [0.15, 0.2) is 0 Å². The monoisotopic (exact) mass is 406 g/mol. The Hall–Kier alpha value is -3.88. The summed E-state index contributed by atoms with van der Waals surface area (Å²) in [7, 11) is 0. The van der Waals surface area contributed by atoms with Crippen molar-refractivity contribution in [3.8, 4) is 11.5 Å². The van der Waals surface area contributed by atoms with E-state index in [1.807, 2.05) is 32.0 Å². The number of H-pyrrole nitrogens is 1. The van der Waals surface area contributed by atoms with Crippen molar-refractivity contribution in [3.63, 3.8) is 0 Å². The average molecular weight is 406 g/mol. The number of carbonyl (C=O) groups is 2. The highest BCUT2D eigenvalue weighted by atomic mass is 16.5. The Labute approximate surface area is 170 Å². The molecule has 1 aliphatic heterocycles. The van der Waals surface area contributed by atoms with Crippen LogP contribution in [0.5, 0.6) is 11.5 Å². The van der Waals surface area contributed by atoms with Crippen molar-refractivity contribution in [1.29, 1.82) is 0 Å². The first kappa shape index (κ1) is 18.2. The highest BCUT2D eigenvalue weighted by Gasteiger charge is 2.56. The Morgan fingerprint density at radius 3 is 2.53 bits per heavy atom. The van der Waals surface area contributed by atoms with Crippen LogP contribution in [0.25, 0.3) is 0 Å². The van der Waals surface area contributed by atoms with Gasteiger partial charge in [0, 0.05) is 11.4 Å². The fourth-order valence-corrected chi connectivity index (χ4v) is 3.90. The second-order valence-corrected chi connectivity index (χ2v) is 7.68. The lowest BCUT2D eigenvalue weighted by molar-refractivity contribution is -0.117. The Morgan fingerprint density at radius 1 is 1.17 bits per heavy atom. The smallest absolute Gasteiger partial charge is 0.439 e. The number of hydrogen-bond donors (Lipinski definition) is 3. The molecule has 2 amide bonds. The fraction of sp³-hybridized carbons (Fsp3) is 0.238. The second-order valence-electron chi connectivity index (χ2n) is 7.68. The molecule has 1 aromatic heterocycles. The van der Waals surface area contributed by atoms with Crippen LogP contribution in [0.2, 0.25) is 0 Å². The van der Waals surface area contributed by atoms with Crippen molar-refractivity contribution in [2.45, 2.75) is 32.1 Å². The normalized spacial score (nSPS) is 15.6. The van der Waals surface area contributed by atoms with E-state index in [4.69, 9.17) is 4.74 Å². The number of fused-ring (bicyclic) bond motifs is 2. The van der Waals surface area contributed by atoms with Crippen molar-refractivity contribution in [3.05, 3.63) is 63.4 Å². The molecule has 0 radical (unpaired) electrons. The molecular weight excluding hydrogens is 388 g/mol. The van der Waals surface area contributed by atoms with Gasteiger partial charge in [-0.3, -0.25) is 19.1 Å². The van der Waals surface area contributed by atoms with Crippen LogP contribution in [0.1, 0.15) is 40.2 Å². The molecule has 1 saturated carbocycles. The number of nitrogens with zero attached hydrogens (tertiary/aromatic N) is 1. The molecule has 0 saturated heterocycles. The summed E-state index contributed by atoms with van der Waals surface area (Å²) in [6.45, 7) is 3.74. The largest absolute Gasteiger partial charge is 0.457 e. The number of amides is 2. The Kier molecular flexibility index (Phi) is 3.82. The molecular formula is C21H18N4O5. The Bertz CT molecular complexity index is 1250. The molecule has 9 heteroatoms. The van der Waals surface area contributed by atoms with E-state index in [2.05, 4.69) is 25.3 Å². The van der Waals surface area contributed by atoms with E-state index in [-0.39, 0.29) is 17.1 Å². The molecule has 1 spiro atoms. The molecule has 152 valence electrons. The average Bonchev–Trinajstić information content (AvgIpc) is 3.32. The molecule has 2 heterocycles. The van der Waals surface area contributed by atoms with Crippen LogP contribution < -0.4 is 21.1 Å². The first-order valence-electron chi connectivity index (χ1n) is 9.48. The van der Waals surface area contributed by atoms with Gasteiger partial charge in [0.2, 0.25) is 11.7 Å². The molecule has 1 aliphatic carbocycles. The topological polar surface area (TPSA) is 126 Å². The van der Waals surface area contributed by atoms with Gasteiger partial charge in [-0.15, -0.1) is 0 Å². The molecule has 0 unspecified atom stereocenters. The van der Waals surface area contributed by atoms with Gasteiger partial charge in [0.05, 0.1) is 5.41 Å². The number of aromatic nitrogens is 2. The minimum absolute atomic E-state index is 0.0653. The zero-order valence-corrected chi connectivity index (χ0v) is 16.3. The van der Waals surface area contributed by atoms with E-state index in [0.29, 0.717) is 17.2 Å². The minimum Gasteiger partial charge on any atom is -0.457 e. The first-order chi connectivity index (χ1) is 14.4. The van der Waals surface area contributed by atoms with Crippen LogP contribution >= 0.6 is 0 Å². The van der Waals surface area contributed by atoms with Gasteiger partial charge in [-0.2, -0.15) is 0 Å². The van der Waals surface area contributed by atoms with Crippen molar-refractivity contribution in [2.24, 2.45) is 0 Å². The summed E-state index contributed by atoms with van der Waals surface area (Å²) in [6, 6.07) is 9.15. The van der Waals surface area contributed by atoms with Crippen LogP contribution in [-0.4, -0.2) is 22.0 Å². The maximum Gasteiger partial charge on any atom is 0.439 e. The van der Waals surface area contributed by atoms with Gasteiger partial charge < -0.3 is 15.4 Å². The maximum atomic E-state index is 12.2. The fourth-order valence-electron chi connectivity index (χ4n) is 3.90. The predicted molar refractivity (Wildman–Crippen MR) is 107 cm³/mol. The van der Waals surface area contributed by atoms with Crippen LogP contribution in [0.3, 0.4) is 0 Å². The minimum atomic E-state index is -0.796. The lowest BCUT2D eigenvalue weighted by atomic mass is 9.98. The summed E-state index contributed by atoms with van der Waals surface area (Å²) in [5.41, 5.74) is 3.62. The maximum absolute atomic E-state index is 12.2. The Morgan fingerprint density at radius 2 is 1.90 bits per heavy atom. The predicted octanol–water partition coefficient (Wildman–Crippen LogP) is 3.01. The van der Waals surface area contributed by atoms with Crippen LogP contribution in [-0.2, 0) is 10.2 Å². The van der Waals surface area contributed by atoms with Crippen LogP contribution in [0, 0.1) is 13.8 Å². The van der Waals surface area contributed by atoms with Crippen molar-refractivity contribution in [2.75, 3.05) is 10.6 Å². The number of aromatic amines is 1. The summed E-state index contributed by atoms with van der Waals surface area (Å²) in [6.07, 6.45) is 1.72. The number of ether oxygens (including phenoxy) is 1. The van der Waals surface area contributed by atoms with Crippen LogP contribution in [0.4, 0.5) is 11.4 Å². The van der Waals surface area contributed by atoms with Gasteiger partial charge >= 0.3 is 5.76 Å². The zero-order valence-electron chi connectivity index (χ0n) is 16.3. The van der Waals surface area contributed by atoms with E-state index in [1.54, 1.807) is 12.1 Å². The molecule has 2 aromatic carbocycles. The third kappa shape index (κ3) is 2.86. The summed E-state index contributed by atoms with van der Waals surface area (Å²) in [5, 5.41) is 8.98. The van der Waals surface area contributed by atoms with Crippen molar-refractivity contribution in [1.82, 2.24) is 10.1 Å². The lowest BCUT2D eigenvalue weighted by Gasteiger charge is -2.15. The number of nitrogens with one attached hydrogen (secondary N) is 3. The zero-order chi connectivity index (χ0) is 21.0. The van der Waals surface area contributed by atoms with Gasteiger partial charge in [-0.1, -0.05) is 0 Å². The molecule has 0 bridgehead atoms. The highest BCUT2D eigenvalue weighted by molar-refractivity contribution is 6.08. The Balaban J connectivity index is 1.39. The van der Waals surface area contributed by atoms with Crippen LogP contribution in [0.15, 0.2) is 39.6 Å². The van der Waals surface area contributed by atoms with Gasteiger partial charge in [0.25, 0.3) is 5.91 Å². The molecule has 1 fully saturated rings. The third-order valence-corrected chi connectivity index (χ3v) is 5.53. The molecule has 9 nitrogen and oxygen atoms in total. The number of hydrogen-bond acceptors (Lipinski definition) is 6. The van der Waals surface area contributed by atoms with E-state index in [0.717, 1.165) is 35.2 Å². The lowest BCUT2D eigenvalue weighted by Crippen LogP contribution is -2.18. The van der Waals surface area contributed by atoms with Gasteiger partial charge in [-0.05, 0) is 78.9 Å². The SMILES string of the molecule is Cc1cc(NC(=O)c2noc(=O)[nH]2)cc(C)c1Oc1ccc2c(c1)C1(CC1)C(=O)N2. The van der Waals surface area contributed by atoms with E-state index in [1.165, 1.54) is 0 Å². The molecule has 3 aromatic rings. The van der Waals surface area contributed by atoms with Gasteiger partial charge in [-0.25, -0.2) is 4.79 Å². The highest BCUT2D eigenvalue weighted by Crippen LogP contribution is 2.56. The number of rotatable bonds is 4. The summed E-state index contributed by atoms with van der Waals surface area (Å²) in [4.78, 5) is 37.6. The number of carbonyl (C=O) groups excluding carboxylic acids is 2. The number of anilines is 2. The molecule has 5 rings (SSSR count). The van der Waals surface area contributed by atoms with E-state index in [9.17, 15) is 14.4 Å².